The van der Waals surface area contributed by atoms with E-state index in [4.69, 9.17) is 9.47 Å². The monoisotopic (exact) mass is 494 g/mol. The van der Waals surface area contributed by atoms with Crippen molar-refractivity contribution in [2.24, 2.45) is 0 Å². The van der Waals surface area contributed by atoms with E-state index in [1.807, 2.05) is 25.1 Å². The maximum absolute atomic E-state index is 13.0. The minimum Gasteiger partial charge on any atom is -0.493 e. The van der Waals surface area contributed by atoms with Gasteiger partial charge in [0.25, 0.3) is 0 Å². The molecule has 182 valence electrons. The van der Waals surface area contributed by atoms with Crippen molar-refractivity contribution >= 4 is 28.4 Å². The highest BCUT2D eigenvalue weighted by atomic mass is 19.4. The summed E-state index contributed by atoms with van der Waals surface area (Å²) in [5.41, 5.74) is 1.11. The zero-order chi connectivity index (χ0) is 26.0. The minimum atomic E-state index is -4.76. The van der Waals surface area contributed by atoms with Gasteiger partial charge < -0.3 is 14.5 Å². The number of H-pyrrole nitrogens is 1. The van der Waals surface area contributed by atoms with E-state index in [1.165, 1.54) is 25.3 Å². The Morgan fingerprint density at radius 1 is 1.11 bits per heavy atom. The molecule has 1 aromatic heterocycles. The summed E-state index contributed by atoms with van der Waals surface area (Å²) in [7, 11) is 1.34. The number of halogens is 3. The molecule has 1 heterocycles. The molecule has 1 N–H and O–H groups in total. The molecule has 4 aromatic rings. The molecule has 0 saturated heterocycles. The van der Waals surface area contributed by atoms with E-state index in [0.29, 0.717) is 29.0 Å². The molecule has 0 radical (unpaired) electrons. The van der Waals surface area contributed by atoms with Crippen LogP contribution in [0.1, 0.15) is 22.5 Å². The van der Waals surface area contributed by atoms with Gasteiger partial charge in [-0.25, -0.2) is 4.98 Å². The number of nitrogens with zero attached hydrogens (tertiary/aromatic N) is 3. The zero-order valence-corrected chi connectivity index (χ0v) is 18.9. The third-order valence-corrected chi connectivity index (χ3v) is 5.21. The number of rotatable bonds is 6. The van der Waals surface area contributed by atoms with Crippen molar-refractivity contribution in [3.05, 3.63) is 87.2 Å². The molecule has 0 bridgehead atoms. The summed E-state index contributed by atoms with van der Waals surface area (Å²) >= 11 is 0. The molecule has 0 spiro atoms. The number of aryl methyl sites for hydroxylation is 1. The first-order valence-electron chi connectivity index (χ1n) is 10.4. The summed E-state index contributed by atoms with van der Waals surface area (Å²) in [5, 5.41) is 21.1. The van der Waals surface area contributed by atoms with Gasteiger partial charge in [-0.3, -0.25) is 10.1 Å². The maximum atomic E-state index is 13.0. The highest BCUT2D eigenvalue weighted by molar-refractivity contribution is 5.90. The number of nitrogens with one attached hydrogen (secondary N) is 1. The molecule has 0 saturated carbocycles. The van der Waals surface area contributed by atoms with Crippen LogP contribution in [0.5, 0.6) is 17.2 Å². The number of nitro benzene ring substituents is 1. The van der Waals surface area contributed by atoms with Gasteiger partial charge in [-0.1, -0.05) is 12.1 Å². The highest BCUT2D eigenvalue weighted by Gasteiger charge is 2.33. The van der Waals surface area contributed by atoms with Crippen molar-refractivity contribution in [1.29, 1.82) is 5.26 Å². The lowest BCUT2D eigenvalue weighted by Crippen LogP contribution is -2.06. The fourth-order valence-electron chi connectivity index (χ4n) is 3.48. The van der Waals surface area contributed by atoms with Crippen molar-refractivity contribution in [3.8, 4) is 23.3 Å². The van der Waals surface area contributed by atoms with Gasteiger partial charge in [0.2, 0.25) is 5.75 Å². The summed E-state index contributed by atoms with van der Waals surface area (Å²) in [5.74, 6) is 0.126. The number of aromatic nitrogens is 2. The summed E-state index contributed by atoms with van der Waals surface area (Å²) in [6.45, 7) is 1.93. The Balaban J connectivity index is 1.73. The average molecular weight is 494 g/mol. The van der Waals surface area contributed by atoms with Crippen molar-refractivity contribution < 1.29 is 27.6 Å². The van der Waals surface area contributed by atoms with Crippen LogP contribution >= 0.6 is 0 Å². The van der Waals surface area contributed by atoms with Crippen molar-refractivity contribution in [3.63, 3.8) is 0 Å². The normalized spacial score (nSPS) is 11.8. The first kappa shape index (κ1) is 24.3. The quantitative estimate of drug-likeness (QED) is 0.182. The Hall–Kier alpha value is -4.85. The SMILES string of the molecule is COc1ccc(/C=C(\C#N)c2nc3ccc(C)cc3[nH]2)cc1Oc1ccc(C(F)(F)F)cc1[N+](=O)[O-]. The number of methoxy groups -OCH3 is 1. The van der Waals surface area contributed by atoms with E-state index in [0.717, 1.165) is 17.1 Å². The zero-order valence-electron chi connectivity index (χ0n) is 18.9. The fraction of sp³-hybridized carbons (Fsp3) is 0.120. The van der Waals surface area contributed by atoms with E-state index in [9.17, 15) is 28.5 Å². The number of ether oxygens (including phenoxy) is 2. The van der Waals surface area contributed by atoms with Gasteiger partial charge in [0.05, 0.1) is 34.2 Å². The van der Waals surface area contributed by atoms with Crippen molar-refractivity contribution in [2.75, 3.05) is 7.11 Å². The van der Waals surface area contributed by atoms with E-state index in [-0.39, 0.29) is 17.1 Å². The lowest BCUT2D eigenvalue weighted by atomic mass is 10.1. The number of nitriles is 1. The Morgan fingerprint density at radius 3 is 2.53 bits per heavy atom. The summed E-state index contributed by atoms with van der Waals surface area (Å²) in [4.78, 5) is 18.0. The topological polar surface area (TPSA) is 114 Å². The Kier molecular flexibility index (Phi) is 6.35. The molecule has 0 unspecified atom stereocenters. The van der Waals surface area contributed by atoms with E-state index < -0.39 is 28.1 Å². The van der Waals surface area contributed by atoms with Gasteiger partial charge in [0.1, 0.15) is 11.9 Å². The first-order valence-corrected chi connectivity index (χ1v) is 10.4. The van der Waals surface area contributed by atoms with Crippen LogP contribution in [-0.2, 0) is 6.18 Å². The van der Waals surface area contributed by atoms with Crippen LogP contribution in [0.2, 0.25) is 0 Å². The fourth-order valence-corrected chi connectivity index (χ4v) is 3.48. The molecule has 8 nitrogen and oxygen atoms in total. The van der Waals surface area contributed by atoms with Crippen LogP contribution in [0.15, 0.2) is 54.6 Å². The molecule has 3 aromatic carbocycles. The van der Waals surface area contributed by atoms with Crippen LogP contribution in [0.4, 0.5) is 18.9 Å². The molecular formula is C25H17F3N4O4. The van der Waals surface area contributed by atoms with Crippen LogP contribution in [0, 0.1) is 28.4 Å². The molecule has 0 aliphatic heterocycles. The van der Waals surface area contributed by atoms with Gasteiger partial charge in [0.15, 0.2) is 11.5 Å². The number of hydrogen-bond acceptors (Lipinski definition) is 6. The standard InChI is InChI=1S/C25H17F3N4O4/c1-14-3-6-18-19(9-14)31-24(30-18)16(13-29)10-15-4-7-22(35-2)23(11-15)36-21-8-5-17(25(26,27)28)12-20(21)32(33)34/h3-12H,1-2H3,(H,30,31)/b16-10+. The number of allylic oxidation sites excluding steroid dienone is 1. The number of alkyl halides is 3. The van der Waals surface area contributed by atoms with Crippen LogP contribution in [0.3, 0.4) is 0 Å². The summed E-state index contributed by atoms with van der Waals surface area (Å²) < 4.78 is 49.9. The lowest BCUT2D eigenvalue weighted by molar-refractivity contribution is -0.385. The smallest absolute Gasteiger partial charge is 0.416 e. The molecule has 11 heteroatoms. The predicted molar refractivity (Wildman–Crippen MR) is 125 cm³/mol. The Labute approximate surface area is 202 Å². The maximum Gasteiger partial charge on any atom is 0.416 e. The third kappa shape index (κ3) is 4.97. The van der Waals surface area contributed by atoms with Gasteiger partial charge >= 0.3 is 11.9 Å². The van der Waals surface area contributed by atoms with E-state index in [1.54, 1.807) is 6.07 Å². The largest absolute Gasteiger partial charge is 0.493 e. The summed E-state index contributed by atoms with van der Waals surface area (Å²) in [6.07, 6.45) is -3.23. The number of fused-ring (bicyclic) bond motifs is 1. The third-order valence-electron chi connectivity index (χ3n) is 5.21. The Bertz CT molecular complexity index is 1550. The van der Waals surface area contributed by atoms with E-state index in [2.05, 4.69) is 16.0 Å². The highest BCUT2D eigenvalue weighted by Crippen LogP contribution is 2.40. The lowest BCUT2D eigenvalue weighted by Gasteiger charge is -2.13. The molecule has 0 fully saturated rings. The second-order valence-electron chi connectivity index (χ2n) is 7.73. The minimum absolute atomic E-state index is 0.00614. The van der Waals surface area contributed by atoms with Crippen LogP contribution in [0.25, 0.3) is 22.7 Å². The number of nitro groups is 1. The average Bonchev–Trinajstić information content (AvgIpc) is 3.25. The number of hydrogen-bond donors (Lipinski definition) is 1. The van der Waals surface area contributed by atoms with Crippen molar-refractivity contribution in [1.82, 2.24) is 9.97 Å². The molecular weight excluding hydrogens is 477 g/mol. The molecule has 4 rings (SSSR count). The molecule has 0 aliphatic rings. The molecule has 36 heavy (non-hydrogen) atoms. The molecule has 0 atom stereocenters. The van der Waals surface area contributed by atoms with Crippen LogP contribution < -0.4 is 9.47 Å². The summed E-state index contributed by atoms with van der Waals surface area (Å²) in [6, 6.07) is 14.3. The van der Waals surface area contributed by atoms with Crippen LogP contribution in [-0.4, -0.2) is 22.0 Å². The first-order chi connectivity index (χ1) is 17.1. The van der Waals surface area contributed by atoms with E-state index >= 15 is 0 Å². The number of benzene rings is 3. The number of imidazole rings is 1. The van der Waals surface area contributed by atoms with Gasteiger partial charge in [-0.15, -0.1) is 0 Å². The molecule has 0 aliphatic carbocycles. The van der Waals surface area contributed by atoms with Crippen molar-refractivity contribution in [2.45, 2.75) is 13.1 Å². The Morgan fingerprint density at radius 2 is 1.86 bits per heavy atom. The second kappa shape index (κ2) is 9.42. The van der Waals surface area contributed by atoms with Gasteiger partial charge in [-0.05, 0) is 60.5 Å². The predicted octanol–water partition coefficient (Wildman–Crippen LogP) is 6.66. The number of aromatic amines is 1. The molecule has 0 amide bonds. The van der Waals surface area contributed by atoms with Gasteiger partial charge in [-0.2, -0.15) is 18.4 Å². The van der Waals surface area contributed by atoms with Gasteiger partial charge in [0, 0.05) is 6.07 Å². The second-order valence-corrected chi connectivity index (χ2v) is 7.73.